The molecule has 0 saturated heterocycles. The number of nitrogens with one attached hydrogen (secondary N) is 2. The predicted octanol–water partition coefficient (Wildman–Crippen LogP) is 14.5. The molecule has 0 aromatic heterocycles. The minimum absolute atomic E-state index is 0.424. The van der Waals surface area contributed by atoms with Crippen LogP contribution in [0.1, 0.15) is 69.0 Å². The van der Waals surface area contributed by atoms with Gasteiger partial charge in [-0.3, -0.25) is 0 Å². The minimum Gasteiger partial charge on any atom is -0.380 e. The molecule has 1 unspecified atom stereocenters. The molecule has 63 heavy (non-hydrogen) atoms. The van der Waals surface area contributed by atoms with Crippen LogP contribution in [0.15, 0.2) is 193 Å². The molecule has 2 N–H and O–H groups in total. The normalized spacial score (nSPS) is 17.6. The van der Waals surface area contributed by atoms with E-state index in [-0.39, 0.29) is 0 Å². The van der Waals surface area contributed by atoms with Crippen LogP contribution < -0.4 is 5.32 Å². The Morgan fingerprint density at radius 1 is 0.619 bits per heavy atom. The highest BCUT2D eigenvalue weighted by Crippen LogP contribution is 2.64. The first-order valence-corrected chi connectivity index (χ1v) is 22.5. The van der Waals surface area contributed by atoms with E-state index in [1.165, 1.54) is 94.6 Å². The van der Waals surface area contributed by atoms with Crippen molar-refractivity contribution in [3.05, 3.63) is 249 Å². The van der Waals surface area contributed by atoms with E-state index < -0.39 is 5.41 Å². The molecule has 0 saturated carbocycles. The Bertz CT molecular complexity index is 3240. The highest BCUT2D eigenvalue weighted by molar-refractivity contribution is 6.14. The SMILES string of the molecule is Cc1ccccc1-c1cccc(-c2cccc(/C(NCc3ccc4c(c3)C3(c5ccccc5-c5ccccc53)c3ccc5c(c3-4)CC3=C5C=CCC3C)=C3\C=CC=CC3=N)c2)c1C. The van der Waals surface area contributed by atoms with Crippen LogP contribution in [-0.2, 0) is 18.4 Å². The van der Waals surface area contributed by atoms with Gasteiger partial charge in [0.15, 0.2) is 0 Å². The zero-order valence-corrected chi connectivity index (χ0v) is 36.0. The Labute approximate surface area is 370 Å². The molecular weight excluding hydrogens is 761 g/mol. The van der Waals surface area contributed by atoms with Gasteiger partial charge in [0.25, 0.3) is 0 Å². The molecule has 0 heterocycles. The van der Waals surface area contributed by atoms with Crippen molar-refractivity contribution >= 4 is 17.0 Å². The fourth-order valence-corrected chi connectivity index (χ4v) is 11.7. The number of fused-ring (bicyclic) bond motifs is 13. The molecule has 0 bridgehead atoms. The molecule has 0 radical (unpaired) electrons. The molecule has 7 aromatic carbocycles. The fraction of sp³-hybridized carbons (Fsp3) is 0.131. The second-order valence-corrected chi connectivity index (χ2v) is 18.0. The van der Waals surface area contributed by atoms with E-state index in [4.69, 9.17) is 5.41 Å². The molecule has 1 atom stereocenters. The Kier molecular flexibility index (Phi) is 8.56. The van der Waals surface area contributed by atoms with Crippen LogP contribution >= 0.6 is 0 Å². The molecule has 0 amide bonds. The second kappa shape index (κ2) is 14.4. The predicted molar refractivity (Wildman–Crippen MR) is 263 cm³/mol. The van der Waals surface area contributed by atoms with Gasteiger partial charge in [-0.15, -0.1) is 0 Å². The van der Waals surface area contributed by atoms with E-state index in [1.807, 2.05) is 18.2 Å². The van der Waals surface area contributed by atoms with Gasteiger partial charge in [0, 0.05) is 12.1 Å². The average molecular weight is 809 g/mol. The van der Waals surface area contributed by atoms with E-state index in [2.05, 4.69) is 190 Å². The first-order chi connectivity index (χ1) is 30.9. The number of allylic oxidation sites excluding steroid dienone is 9. The first-order valence-electron chi connectivity index (χ1n) is 22.5. The standard InChI is InChI=1S/C61H48N2/c1-37-15-4-5-19-43(37)45-24-14-23-44(39(45)3)41-17-13-18-42(34-41)60(51-22-8-11-28-58(51)62)63-36-40-29-30-50-57(33-40)61(54-26-9-6-20-48(54)49-21-7-10-27-55(49)61)56-32-31-47-46-25-12-16-38(2)52(46)35-53(47)59(50)56/h4-15,17-34,38,62-63H,16,35-36H2,1-3H3/b60-51-,62-58?. The third-order valence-electron chi connectivity index (χ3n) is 14.7. The van der Waals surface area contributed by atoms with E-state index in [0.717, 1.165) is 35.2 Å². The molecule has 1 spiro atoms. The third-order valence-corrected chi connectivity index (χ3v) is 14.7. The second-order valence-electron chi connectivity index (χ2n) is 18.0. The number of rotatable bonds is 6. The summed E-state index contributed by atoms with van der Waals surface area (Å²) < 4.78 is 0. The molecule has 7 aromatic rings. The van der Waals surface area contributed by atoms with Gasteiger partial charge in [-0.25, -0.2) is 0 Å². The lowest BCUT2D eigenvalue weighted by Crippen LogP contribution is -2.26. The maximum atomic E-state index is 9.12. The number of hydrogen-bond acceptors (Lipinski definition) is 2. The average Bonchev–Trinajstić information content (AvgIpc) is 3.95. The van der Waals surface area contributed by atoms with Crippen molar-refractivity contribution < 1.29 is 0 Å². The largest absolute Gasteiger partial charge is 0.380 e. The van der Waals surface area contributed by atoms with E-state index in [0.29, 0.717) is 18.2 Å². The van der Waals surface area contributed by atoms with Gasteiger partial charge in [-0.05, 0) is 150 Å². The smallest absolute Gasteiger partial charge is 0.0725 e. The molecule has 12 rings (SSSR count). The highest BCUT2D eigenvalue weighted by Gasteiger charge is 2.52. The van der Waals surface area contributed by atoms with Gasteiger partial charge < -0.3 is 10.7 Å². The Morgan fingerprint density at radius 3 is 2.11 bits per heavy atom. The quantitative estimate of drug-likeness (QED) is 0.172. The van der Waals surface area contributed by atoms with Crippen LogP contribution in [0.2, 0.25) is 0 Å². The minimum atomic E-state index is -0.424. The topological polar surface area (TPSA) is 35.9 Å². The van der Waals surface area contributed by atoms with Gasteiger partial charge in [0.05, 0.1) is 16.8 Å². The molecule has 0 fully saturated rings. The van der Waals surface area contributed by atoms with Crippen molar-refractivity contribution in [1.29, 1.82) is 5.41 Å². The van der Waals surface area contributed by atoms with Crippen molar-refractivity contribution in [2.45, 2.75) is 45.6 Å². The van der Waals surface area contributed by atoms with Gasteiger partial charge in [-0.1, -0.05) is 182 Å². The van der Waals surface area contributed by atoms with Crippen molar-refractivity contribution in [3.63, 3.8) is 0 Å². The summed E-state index contributed by atoms with van der Waals surface area (Å²) in [5.74, 6) is 0.553. The summed E-state index contributed by atoms with van der Waals surface area (Å²) in [5.41, 5.74) is 28.5. The lowest BCUT2D eigenvalue weighted by molar-refractivity contribution is 0.677. The lowest BCUT2D eigenvalue weighted by atomic mass is 9.70. The summed E-state index contributed by atoms with van der Waals surface area (Å²) in [6.07, 6.45) is 14.8. The summed E-state index contributed by atoms with van der Waals surface area (Å²) >= 11 is 0. The van der Waals surface area contributed by atoms with E-state index in [9.17, 15) is 0 Å². The van der Waals surface area contributed by atoms with E-state index in [1.54, 1.807) is 5.57 Å². The van der Waals surface area contributed by atoms with Crippen LogP contribution in [0.5, 0.6) is 0 Å². The molecule has 0 aliphatic heterocycles. The van der Waals surface area contributed by atoms with Crippen molar-refractivity contribution in [2.75, 3.05) is 0 Å². The first kappa shape index (κ1) is 37.5. The Hall–Kier alpha value is -7.29. The van der Waals surface area contributed by atoms with Crippen molar-refractivity contribution in [3.8, 4) is 44.5 Å². The van der Waals surface area contributed by atoms with Gasteiger partial charge in [0.2, 0.25) is 0 Å². The number of hydrogen-bond donors (Lipinski definition) is 2. The highest BCUT2D eigenvalue weighted by atomic mass is 14.9. The Balaban J connectivity index is 0.978. The Morgan fingerprint density at radius 2 is 1.32 bits per heavy atom. The summed E-state index contributed by atoms with van der Waals surface area (Å²) in [6, 6.07) is 54.5. The molecule has 2 heteroatoms. The third kappa shape index (κ3) is 5.54. The zero-order chi connectivity index (χ0) is 42.4. The summed E-state index contributed by atoms with van der Waals surface area (Å²) in [6.45, 7) is 7.43. The monoisotopic (exact) mass is 808 g/mol. The maximum Gasteiger partial charge on any atom is 0.0725 e. The zero-order valence-electron chi connectivity index (χ0n) is 36.0. The van der Waals surface area contributed by atoms with Gasteiger partial charge in [0.1, 0.15) is 0 Å². The molecular formula is C61H48N2. The number of aryl methyl sites for hydroxylation is 1. The summed E-state index contributed by atoms with van der Waals surface area (Å²) in [4.78, 5) is 0. The number of benzene rings is 7. The summed E-state index contributed by atoms with van der Waals surface area (Å²) in [5, 5.41) is 13.1. The van der Waals surface area contributed by atoms with Crippen LogP contribution in [0, 0.1) is 25.2 Å². The molecule has 5 aliphatic carbocycles. The van der Waals surface area contributed by atoms with Crippen LogP contribution in [0.4, 0.5) is 0 Å². The lowest BCUT2D eigenvalue weighted by Gasteiger charge is -2.31. The maximum absolute atomic E-state index is 9.12. The van der Waals surface area contributed by atoms with Crippen LogP contribution in [0.25, 0.3) is 55.8 Å². The van der Waals surface area contributed by atoms with Crippen LogP contribution in [-0.4, -0.2) is 5.71 Å². The van der Waals surface area contributed by atoms with Gasteiger partial charge >= 0.3 is 0 Å². The van der Waals surface area contributed by atoms with Crippen molar-refractivity contribution in [1.82, 2.24) is 5.32 Å². The molecule has 2 nitrogen and oxygen atoms in total. The fourth-order valence-electron chi connectivity index (χ4n) is 11.7. The van der Waals surface area contributed by atoms with Crippen LogP contribution in [0.3, 0.4) is 0 Å². The van der Waals surface area contributed by atoms with Crippen molar-refractivity contribution in [2.24, 2.45) is 5.92 Å². The molecule has 302 valence electrons. The summed E-state index contributed by atoms with van der Waals surface area (Å²) in [7, 11) is 0. The van der Waals surface area contributed by atoms with Gasteiger partial charge in [-0.2, -0.15) is 0 Å². The molecule has 5 aliphatic rings. The van der Waals surface area contributed by atoms with E-state index >= 15 is 0 Å².